The Morgan fingerprint density at radius 2 is 1.83 bits per heavy atom. The molecule has 1 unspecified atom stereocenters. The molecule has 12 heavy (non-hydrogen) atoms. The lowest BCUT2D eigenvalue weighted by molar-refractivity contribution is 0.215. The summed E-state index contributed by atoms with van der Waals surface area (Å²) in [5, 5.41) is 8.63. The van der Waals surface area contributed by atoms with Gasteiger partial charge in [-0.25, -0.2) is 0 Å². The van der Waals surface area contributed by atoms with Crippen LogP contribution >= 0.6 is 0 Å². The second-order valence-electron chi connectivity index (χ2n) is 3.44. The summed E-state index contributed by atoms with van der Waals surface area (Å²) in [4.78, 5) is 2.29. The monoisotopic (exact) mass is 168 g/mol. The lowest BCUT2D eigenvalue weighted by atomic mass is 10.1. The maximum Gasteiger partial charge on any atom is 0.0666 e. The van der Waals surface area contributed by atoms with Crippen molar-refractivity contribution in [1.82, 2.24) is 4.90 Å². The molecular formula is C10H20N2. The number of rotatable bonds is 5. The van der Waals surface area contributed by atoms with E-state index >= 15 is 0 Å². The Balaban J connectivity index is 3.85. The molecule has 2 nitrogen and oxygen atoms in total. The largest absolute Gasteiger partial charge is 0.302 e. The first-order valence-electron chi connectivity index (χ1n) is 4.75. The average molecular weight is 168 g/mol. The second kappa shape index (κ2) is 6.02. The summed E-state index contributed by atoms with van der Waals surface area (Å²) in [6.07, 6.45) is 2.34. The molecule has 0 aliphatic carbocycles. The lowest BCUT2D eigenvalue weighted by Gasteiger charge is -2.26. The number of hydrogen-bond donors (Lipinski definition) is 0. The van der Waals surface area contributed by atoms with Gasteiger partial charge in [-0.15, -0.1) is 0 Å². The highest BCUT2D eigenvalue weighted by molar-refractivity contribution is 4.82. The van der Waals surface area contributed by atoms with E-state index in [1.807, 2.05) is 6.92 Å². The van der Waals surface area contributed by atoms with Crippen molar-refractivity contribution in [2.45, 2.75) is 39.7 Å². The van der Waals surface area contributed by atoms with E-state index < -0.39 is 0 Å². The van der Waals surface area contributed by atoms with Crippen LogP contribution in [0.2, 0.25) is 0 Å². The van der Waals surface area contributed by atoms with Crippen molar-refractivity contribution in [2.24, 2.45) is 5.92 Å². The molecule has 0 saturated carbocycles. The third kappa shape index (κ3) is 3.73. The smallest absolute Gasteiger partial charge is 0.0666 e. The van der Waals surface area contributed by atoms with Crippen LogP contribution in [0.5, 0.6) is 0 Å². The summed E-state index contributed by atoms with van der Waals surface area (Å²) in [7, 11) is 2.10. The molecule has 0 saturated heterocycles. The molecule has 0 heterocycles. The molecule has 0 N–H and O–H groups in total. The Hall–Kier alpha value is -0.550. The van der Waals surface area contributed by atoms with E-state index in [1.54, 1.807) is 0 Å². The van der Waals surface area contributed by atoms with Crippen LogP contribution in [0, 0.1) is 17.2 Å². The molecule has 70 valence electrons. The lowest BCUT2D eigenvalue weighted by Crippen LogP contribution is -2.33. The minimum Gasteiger partial charge on any atom is -0.302 e. The van der Waals surface area contributed by atoms with Gasteiger partial charge < -0.3 is 4.90 Å². The van der Waals surface area contributed by atoms with Crippen LogP contribution in [0.25, 0.3) is 0 Å². The van der Waals surface area contributed by atoms with Gasteiger partial charge in [0, 0.05) is 12.6 Å². The molecule has 0 aliphatic heterocycles. The molecule has 2 heteroatoms. The third-order valence-electron chi connectivity index (χ3n) is 2.35. The van der Waals surface area contributed by atoms with Crippen molar-refractivity contribution >= 4 is 0 Å². The van der Waals surface area contributed by atoms with Crippen LogP contribution in [-0.4, -0.2) is 24.5 Å². The van der Waals surface area contributed by atoms with E-state index in [-0.39, 0.29) is 5.92 Å². The molecule has 0 aromatic rings. The quantitative estimate of drug-likeness (QED) is 0.629. The normalized spacial score (nSPS) is 13.4. The Kier molecular flexibility index (Phi) is 5.74. The molecule has 0 aliphatic rings. The molecule has 0 aromatic carbocycles. The van der Waals surface area contributed by atoms with E-state index in [4.69, 9.17) is 5.26 Å². The zero-order valence-corrected chi connectivity index (χ0v) is 8.67. The van der Waals surface area contributed by atoms with Crippen LogP contribution in [-0.2, 0) is 0 Å². The molecule has 0 amide bonds. The highest BCUT2D eigenvalue weighted by Gasteiger charge is 2.12. The Labute approximate surface area is 76.2 Å². The first-order chi connectivity index (χ1) is 5.65. The van der Waals surface area contributed by atoms with E-state index in [9.17, 15) is 0 Å². The predicted octanol–water partition coefficient (Wildman–Crippen LogP) is 2.27. The zero-order chi connectivity index (χ0) is 9.56. The van der Waals surface area contributed by atoms with E-state index in [1.165, 1.54) is 12.8 Å². The summed E-state index contributed by atoms with van der Waals surface area (Å²) in [6, 6.07) is 2.90. The SMILES string of the molecule is CCC(CC)N(C)CC(C)C#N. The Morgan fingerprint density at radius 1 is 1.33 bits per heavy atom. The fourth-order valence-electron chi connectivity index (χ4n) is 1.53. The van der Waals surface area contributed by atoms with Crippen molar-refractivity contribution < 1.29 is 0 Å². The standard InChI is InChI=1S/C10H20N2/c1-5-10(6-2)12(4)8-9(3)7-11/h9-10H,5-6,8H2,1-4H3. The van der Waals surface area contributed by atoms with Crippen LogP contribution in [0.3, 0.4) is 0 Å². The molecule has 0 fully saturated rings. The first-order valence-corrected chi connectivity index (χ1v) is 4.75. The summed E-state index contributed by atoms with van der Waals surface area (Å²) in [5.74, 6) is 0.149. The molecule has 1 atom stereocenters. The maximum absolute atomic E-state index is 8.63. The Bertz CT molecular complexity index is 144. The molecule has 0 aromatic heterocycles. The van der Waals surface area contributed by atoms with Crippen molar-refractivity contribution in [3.8, 4) is 6.07 Å². The molecule has 0 spiro atoms. The van der Waals surface area contributed by atoms with Gasteiger partial charge in [0.1, 0.15) is 0 Å². The van der Waals surface area contributed by atoms with Crippen LogP contribution in [0.4, 0.5) is 0 Å². The highest BCUT2D eigenvalue weighted by Crippen LogP contribution is 2.08. The van der Waals surface area contributed by atoms with E-state index in [0.29, 0.717) is 6.04 Å². The Morgan fingerprint density at radius 3 is 2.17 bits per heavy atom. The minimum absolute atomic E-state index is 0.149. The minimum atomic E-state index is 0.149. The maximum atomic E-state index is 8.63. The van der Waals surface area contributed by atoms with Crippen molar-refractivity contribution in [2.75, 3.05) is 13.6 Å². The number of nitriles is 1. The van der Waals surface area contributed by atoms with Gasteiger partial charge in [0.05, 0.1) is 12.0 Å². The van der Waals surface area contributed by atoms with Gasteiger partial charge in [0.25, 0.3) is 0 Å². The van der Waals surface area contributed by atoms with Gasteiger partial charge in [-0.05, 0) is 26.8 Å². The average Bonchev–Trinajstić information content (AvgIpc) is 2.06. The number of nitrogens with zero attached hydrogens (tertiary/aromatic N) is 2. The van der Waals surface area contributed by atoms with Gasteiger partial charge in [-0.1, -0.05) is 13.8 Å². The van der Waals surface area contributed by atoms with Gasteiger partial charge in [-0.3, -0.25) is 0 Å². The first kappa shape index (κ1) is 11.4. The van der Waals surface area contributed by atoms with E-state index in [2.05, 4.69) is 31.9 Å². The zero-order valence-electron chi connectivity index (χ0n) is 8.67. The van der Waals surface area contributed by atoms with Crippen LogP contribution in [0.1, 0.15) is 33.6 Å². The topological polar surface area (TPSA) is 27.0 Å². The van der Waals surface area contributed by atoms with Crippen molar-refractivity contribution in [3.05, 3.63) is 0 Å². The molecule has 0 radical (unpaired) electrons. The summed E-state index contributed by atoms with van der Waals surface area (Å²) in [5.41, 5.74) is 0. The second-order valence-corrected chi connectivity index (χ2v) is 3.44. The van der Waals surface area contributed by atoms with Gasteiger partial charge in [-0.2, -0.15) is 5.26 Å². The van der Waals surface area contributed by atoms with Crippen LogP contribution < -0.4 is 0 Å². The number of hydrogen-bond acceptors (Lipinski definition) is 2. The molecular weight excluding hydrogens is 148 g/mol. The molecule has 0 bridgehead atoms. The third-order valence-corrected chi connectivity index (χ3v) is 2.35. The predicted molar refractivity (Wildman–Crippen MR) is 51.8 cm³/mol. The van der Waals surface area contributed by atoms with Crippen molar-refractivity contribution in [3.63, 3.8) is 0 Å². The summed E-state index contributed by atoms with van der Waals surface area (Å²) in [6.45, 7) is 7.26. The van der Waals surface area contributed by atoms with Gasteiger partial charge in [0.15, 0.2) is 0 Å². The summed E-state index contributed by atoms with van der Waals surface area (Å²) >= 11 is 0. The van der Waals surface area contributed by atoms with Crippen LogP contribution in [0.15, 0.2) is 0 Å². The van der Waals surface area contributed by atoms with Gasteiger partial charge in [0.2, 0.25) is 0 Å². The van der Waals surface area contributed by atoms with Crippen molar-refractivity contribution in [1.29, 1.82) is 5.26 Å². The fourth-order valence-corrected chi connectivity index (χ4v) is 1.53. The van der Waals surface area contributed by atoms with Gasteiger partial charge >= 0.3 is 0 Å². The van der Waals surface area contributed by atoms with E-state index in [0.717, 1.165) is 6.54 Å². The molecule has 0 rings (SSSR count). The summed E-state index contributed by atoms with van der Waals surface area (Å²) < 4.78 is 0. The fraction of sp³-hybridized carbons (Fsp3) is 0.900. The highest BCUT2D eigenvalue weighted by atomic mass is 15.1.